The van der Waals surface area contributed by atoms with Gasteiger partial charge in [-0.15, -0.1) is 4.43 Å². The van der Waals surface area contributed by atoms with E-state index < -0.39 is 14.1 Å². The molecule has 0 radical (unpaired) electrons. The first-order valence-corrected chi connectivity index (χ1v) is 10.1. The van der Waals surface area contributed by atoms with E-state index in [9.17, 15) is 0 Å². The summed E-state index contributed by atoms with van der Waals surface area (Å²) in [6.07, 6.45) is 5.50. The van der Waals surface area contributed by atoms with Crippen LogP contribution in [0.3, 0.4) is 0 Å². The van der Waals surface area contributed by atoms with Crippen LogP contribution in [0.25, 0.3) is 0 Å². The van der Waals surface area contributed by atoms with Crippen LogP contribution in [-0.4, -0.2) is 33.1 Å². The monoisotopic (exact) mass is 275 g/mol. The maximum Gasteiger partial charge on any atom is 0.306 e. The van der Waals surface area contributed by atoms with Gasteiger partial charge in [0.15, 0.2) is 0 Å². The fourth-order valence-corrected chi connectivity index (χ4v) is 6.58. The predicted octanol–water partition coefficient (Wildman–Crippen LogP) is 4.05. The fourth-order valence-electron chi connectivity index (χ4n) is 2.77. The first-order valence-electron chi connectivity index (χ1n) is 7.91. The van der Waals surface area contributed by atoms with Crippen LogP contribution in [0.5, 0.6) is 0 Å². The Labute approximate surface area is 124 Å². The molecule has 0 heterocycles. The quantitative estimate of drug-likeness (QED) is 0.615. The molecule has 1 aromatic rings. The SMILES string of the molecule is CCC[CH2][Al]([CH2]CCC)[c]1ccccc1CN(C)C. The van der Waals surface area contributed by atoms with Crippen LogP contribution >= 0.6 is 0 Å². The van der Waals surface area contributed by atoms with Gasteiger partial charge in [-0.2, -0.15) is 0 Å². The predicted molar refractivity (Wildman–Crippen MR) is 88.7 cm³/mol. The molecule has 0 unspecified atom stereocenters. The van der Waals surface area contributed by atoms with Gasteiger partial charge in [0.25, 0.3) is 0 Å². The van der Waals surface area contributed by atoms with E-state index >= 15 is 0 Å². The molecule has 0 saturated carbocycles. The van der Waals surface area contributed by atoms with E-state index in [0.29, 0.717) is 0 Å². The highest BCUT2D eigenvalue weighted by atomic mass is 27.2. The van der Waals surface area contributed by atoms with Gasteiger partial charge in [-0.3, -0.25) is 0 Å². The molecule has 0 aromatic heterocycles. The van der Waals surface area contributed by atoms with Crippen molar-refractivity contribution in [3.8, 4) is 0 Å². The second-order valence-corrected chi connectivity index (χ2v) is 9.09. The maximum absolute atomic E-state index is 2.42. The van der Waals surface area contributed by atoms with E-state index in [-0.39, 0.29) is 0 Å². The maximum atomic E-state index is 2.42. The van der Waals surface area contributed by atoms with E-state index in [1.54, 1.807) is 9.99 Å². The Kier molecular flexibility index (Phi) is 8.46. The van der Waals surface area contributed by atoms with Crippen LogP contribution in [0.2, 0.25) is 10.6 Å². The first kappa shape index (κ1) is 16.8. The van der Waals surface area contributed by atoms with Crippen molar-refractivity contribution in [1.29, 1.82) is 0 Å². The lowest BCUT2D eigenvalue weighted by Gasteiger charge is -2.19. The summed E-state index contributed by atoms with van der Waals surface area (Å²) < 4.78 is 1.73. The lowest BCUT2D eigenvalue weighted by molar-refractivity contribution is 0.403. The largest absolute Gasteiger partial charge is 0.306 e. The van der Waals surface area contributed by atoms with Gasteiger partial charge in [-0.1, -0.05) is 74.4 Å². The molecule has 0 bridgehead atoms. The van der Waals surface area contributed by atoms with Crippen LogP contribution in [0.15, 0.2) is 24.3 Å². The zero-order valence-corrected chi connectivity index (χ0v) is 14.4. The van der Waals surface area contributed by atoms with Crippen molar-refractivity contribution in [1.82, 2.24) is 4.90 Å². The minimum atomic E-state index is -0.752. The molecular weight excluding hydrogens is 245 g/mol. The number of benzene rings is 1. The molecule has 106 valence electrons. The molecule has 1 nitrogen and oxygen atoms in total. The molecule has 1 rings (SSSR count). The van der Waals surface area contributed by atoms with Crippen molar-refractivity contribution in [2.75, 3.05) is 14.1 Å². The molecule has 0 amide bonds. The van der Waals surface area contributed by atoms with E-state index in [0.717, 1.165) is 6.54 Å². The minimum Gasteiger partial charge on any atom is -0.305 e. The summed E-state index contributed by atoms with van der Waals surface area (Å²) in [6.45, 7) is 5.73. The Hall–Kier alpha value is -0.288. The Bertz CT molecular complexity index is 341. The number of hydrogen-bond acceptors (Lipinski definition) is 1. The highest BCUT2D eigenvalue weighted by Crippen LogP contribution is 2.13. The molecule has 0 saturated heterocycles. The Morgan fingerprint density at radius 1 is 0.947 bits per heavy atom. The molecule has 0 aliphatic rings. The fraction of sp³-hybridized carbons (Fsp3) is 0.647. The summed E-state index contributed by atoms with van der Waals surface area (Å²) >= 11 is -0.752. The van der Waals surface area contributed by atoms with Crippen molar-refractivity contribution in [2.45, 2.75) is 56.6 Å². The van der Waals surface area contributed by atoms with Gasteiger partial charge in [0, 0.05) is 6.54 Å². The number of hydrogen-bond donors (Lipinski definition) is 0. The molecule has 0 aliphatic carbocycles. The smallest absolute Gasteiger partial charge is 0.305 e. The summed E-state index contributed by atoms with van der Waals surface area (Å²) in [4.78, 5) is 2.30. The second-order valence-electron chi connectivity index (χ2n) is 5.92. The van der Waals surface area contributed by atoms with E-state index in [4.69, 9.17) is 0 Å². The number of nitrogens with zero attached hydrogens (tertiary/aromatic N) is 1. The summed E-state index contributed by atoms with van der Waals surface area (Å²) in [7, 11) is 4.34. The lowest BCUT2D eigenvalue weighted by atomic mass is 10.2. The van der Waals surface area contributed by atoms with E-state index in [1.165, 1.54) is 36.2 Å². The molecule has 2 heteroatoms. The standard InChI is InChI=1S/C9H12N.2C4H9.Al/c1-10(2)8-9-6-4-3-5-7-9;2*1-3-4-2;/h3-6H,8H2,1-2H3;2*1,3-4H2,2H3;. The van der Waals surface area contributed by atoms with Gasteiger partial charge in [0.05, 0.1) is 0 Å². The molecular formula is C17H30AlN. The second kappa shape index (κ2) is 9.59. The first-order chi connectivity index (χ1) is 9.19. The summed E-state index contributed by atoms with van der Waals surface area (Å²) in [5, 5.41) is 2.97. The van der Waals surface area contributed by atoms with Crippen LogP contribution in [-0.2, 0) is 6.54 Å². The van der Waals surface area contributed by atoms with Crippen molar-refractivity contribution in [2.24, 2.45) is 0 Å². The molecule has 19 heavy (non-hydrogen) atoms. The van der Waals surface area contributed by atoms with Crippen LogP contribution in [0.4, 0.5) is 0 Å². The average molecular weight is 275 g/mol. The van der Waals surface area contributed by atoms with Crippen molar-refractivity contribution in [3.63, 3.8) is 0 Å². The molecule has 0 atom stereocenters. The Balaban J connectivity index is 2.85. The summed E-state index contributed by atoms with van der Waals surface area (Å²) in [6, 6.07) is 9.20. The summed E-state index contributed by atoms with van der Waals surface area (Å²) in [5.74, 6) is 0. The molecule has 0 spiro atoms. The van der Waals surface area contributed by atoms with E-state index in [2.05, 4.69) is 57.1 Å². The average Bonchev–Trinajstić information content (AvgIpc) is 2.39. The number of rotatable bonds is 9. The Morgan fingerprint density at radius 3 is 2.05 bits per heavy atom. The minimum absolute atomic E-state index is 0.752. The normalized spacial score (nSPS) is 11.0. The molecule has 0 aliphatic heterocycles. The van der Waals surface area contributed by atoms with Crippen molar-refractivity contribution >= 4 is 18.6 Å². The zero-order valence-electron chi connectivity index (χ0n) is 13.3. The lowest BCUT2D eigenvalue weighted by Crippen LogP contribution is -2.34. The van der Waals surface area contributed by atoms with Gasteiger partial charge < -0.3 is 4.90 Å². The molecule has 0 N–H and O–H groups in total. The molecule has 1 aromatic carbocycles. The topological polar surface area (TPSA) is 3.24 Å². The van der Waals surface area contributed by atoms with E-state index in [1.807, 2.05) is 0 Å². The van der Waals surface area contributed by atoms with Gasteiger partial charge >= 0.3 is 14.1 Å². The molecule has 0 fully saturated rings. The van der Waals surface area contributed by atoms with Crippen molar-refractivity contribution < 1.29 is 0 Å². The Morgan fingerprint density at radius 2 is 1.53 bits per heavy atom. The zero-order chi connectivity index (χ0) is 14.1. The van der Waals surface area contributed by atoms with Gasteiger partial charge in [0.1, 0.15) is 0 Å². The van der Waals surface area contributed by atoms with Gasteiger partial charge in [-0.25, -0.2) is 0 Å². The third kappa shape index (κ3) is 6.13. The highest BCUT2D eigenvalue weighted by Gasteiger charge is 2.21. The van der Waals surface area contributed by atoms with Crippen LogP contribution in [0, 0.1) is 0 Å². The third-order valence-electron chi connectivity index (χ3n) is 3.79. The van der Waals surface area contributed by atoms with Crippen LogP contribution < -0.4 is 4.43 Å². The highest BCUT2D eigenvalue weighted by molar-refractivity contribution is 6.73. The number of unbranched alkanes of at least 4 members (excludes halogenated alkanes) is 2. The third-order valence-corrected chi connectivity index (χ3v) is 7.45. The van der Waals surface area contributed by atoms with Gasteiger partial charge in [0.2, 0.25) is 0 Å². The van der Waals surface area contributed by atoms with Crippen LogP contribution in [0.1, 0.15) is 45.1 Å². The summed E-state index contributed by atoms with van der Waals surface area (Å²) in [5.41, 5.74) is 1.58. The van der Waals surface area contributed by atoms with Crippen molar-refractivity contribution in [3.05, 3.63) is 29.8 Å². The van der Waals surface area contributed by atoms with Gasteiger partial charge in [-0.05, 0) is 19.7 Å².